The lowest BCUT2D eigenvalue weighted by Gasteiger charge is -2.17. The van der Waals surface area contributed by atoms with E-state index in [1.807, 2.05) is 38.3 Å². The summed E-state index contributed by atoms with van der Waals surface area (Å²) in [5, 5.41) is 4.71. The molecule has 6 nitrogen and oxygen atoms in total. The van der Waals surface area contributed by atoms with E-state index in [0.717, 1.165) is 4.88 Å². The predicted octanol–water partition coefficient (Wildman–Crippen LogP) is 2.96. The van der Waals surface area contributed by atoms with Gasteiger partial charge in [0.15, 0.2) is 6.61 Å². The lowest BCUT2D eigenvalue weighted by molar-refractivity contribution is -0.148. The summed E-state index contributed by atoms with van der Waals surface area (Å²) in [5.74, 6) is 0.581. The van der Waals surface area contributed by atoms with Crippen LogP contribution in [0.5, 0.6) is 0 Å². The Morgan fingerprint density at radius 1 is 1.38 bits per heavy atom. The molecule has 0 aliphatic heterocycles. The number of aromatic nitrogens is 1. The van der Waals surface area contributed by atoms with Crippen LogP contribution in [0.4, 0.5) is 0 Å². The maximum absolute atomic E-state index is 11.9. The van der Waals surface area contributed by atoms with Crippen LogP contribution in [-0.4, -0.2) is 29.5 Å². The highest BCUT2D eigenvalue weighted by Gasteiger charge is 2.17. The summed E-state index contributed by atoms with van der Waals surface area (Å²) in [6.07, 6.45) is -0.0201. The van der Waals surface area contributed by atoms with E-state index < -0.39 is 5.97 Å². The molecule has 0 aliphatic rings. The fourth-order valence-corrected chi connectivity index (χ4v) is 2.54. The number of carbonyl (C=O) groups is 2. The summed E-state index contributed by atoms with van der Waals surface area (Å²) in [5.41, 5.74) is 0.527. The van der Waals surface area contributed by atoms with Crippen LogP contribution in [0.25, 0.3) is 10.8 Å². The van der Waals surface area contributed by atoms with Gasteiger partial charge in [-0.05, 0) is 31.2 Å². The number of thiophene rings is 1. The van der Waals surface area contributed by atoms with Gasteiger partial charge in [0.1, 0.15) is 5.76 Å². The van der Waals surface area contributed by atoms with E-state index >= 15 is 0 Å². The number of carbonyl (C=O) groups excluding carboxylic acids is 2. The van der Waals surface area contributed by atoms with Crippen LogP contribution in [-0.2, 0) is 20.7 Å². The molecular weight excluding hydrogens is 328 g/mol. The molecule has 0 spiro atoms. The van der Waals surface area contributed by atoms with E-state index in [-0.39, 0.29) is 25.0 Å². The molecule has 1 amide bonds. The van der Waals surface area contributed by atoms with Crippen molar-refractivity contribution in [2.45, 2.75) is 40.2 Å². The van der Waals surface area contributed by atoms with Gasteiger partial charge in [0, 0.05) is 6.04 Å². The Bertz CT molecular complexity index is 692. The van der Waals surface area contributed by atoms with E-state index in [1.54, 1.807) is 6.92 Å². The van der Waals surface area contributed by atoms with Crippen LogP contribution < -0.4 is 5.32 Å². The Hall–Kier alpha value is -2.15. The Morgan fingerprint density at radius 2 is 2.12 bits per heavy atom. The predicted molar refractivity (Wildman–Crippen MR) is 91.7 cm³/mol. The van der Waals surface area contributed by atoms with E-state index in [1.165, 1.54) is 11.3 Å². The van der Waals surface area contributed by atoms with Gasteiger partial charge in [-0.2, -0.15) is 0 Å². The summed E-state index contributed by atoms with van der Waals surface area (Å²) in [6.45, 7) is 7.40. The highest BCUT2D eigenvalue weighted by Crippen LogP contribution is 2.26. The first-order valence-corrected chi connectivity index (χ1v) is 8.70. The van der Waals surface area contributed by atoms with Crippen molar-refractivity contribution in [1.82, 2.24) is 10.3 Å². The summed E-state index contributed by atoms with van der Waals surface area (Å²) >= 11 is 1.51. The van der Waals surface area contributed by atoms with Crippen molar-refractivity contribution < 1.29 is 18.7 Å². The minimum atomic E-state index is -0.503. The Kier molecular flexibility index (Phi) is 6.14. The van der Waals surface area contributed by atoms with Crippen molar-refractivity contribution in [2.24, 2.45) is 5.92 Å². The number of ether oxygens (including phenoxy) is 1. The maximum Gasteiger partial charge on any atom is 0.312 e. The molecule has 2 rings (SSSR count). The molecule has 1 atom stereocenters. The second-order valence-electron chi connectivity index (χ2n) is 5.94. The molecule has 0 saturated heterocycles. The number of esters is 1. The number of amides is 1. The van der Waals surface area contributed by atoms with Crippen LogP contribution >= 0.6 is 11.3 Å². The molecule has 0 aliphatic carbocycles. The van der Waals surface area contributed by atoms with Crippen LogP contribution in [0.15, 0.2) is 21.9 Å². The highest BCUT2D eigenvalue weighted by atomic mass is 32.1. The van der Waals surface area contributed by atoms with Crippen LogP contribution in [0.3, 0.4) is 0 Å². The average Bonchev–Trinajstić information content (AvgIpc) is 3.15. The van der Waals surface area contributed by atoms with Crippen molar-refractivity contribution in [3.8, 4) is 10.8 Å². The third-order valence-corrected chi connectivity index (χ3v) is 4.55. The number of hydrogen-bond donors (Lipinski definition) is 1. The van der Waals surface area contributed by atoms with Crippen molar-refractivity contribution >= 4 is 23.2 Å². The van der Waals surface area contributed by atoms with Crippen molar-refractivity contribution in [3.63, 3.8) is 0 Å². The van der Waals surface area contributed by atoms with E-state index in [2.05, 4.69) is 10.3 Å². The van der Waals surface area contributed by atoms with Crippen molar-refractivity contribution in [1.29, 1.82) is 0 Å². The molecule has 1 N–H and O–H groups in total. The van der Waals surface area contributed by atoms with Crippen LogP contribution in [0, 0.1) is 12.8 Å². The van der Waals surface area contributed by atoms with Crippen LogP contribution in [0.1, 0.15) is 32.2 Å². The maximum atomic E-state index is 11.9. The molecule has 0 fully saturated rings. The number of oxazole rings is 1. The number of aryl methyl sites for hydroxylation is 1. The number of nitrogens with zero attached hydrogens (tertiary/aromatic N) is 1. The zero-order valence-corrected chi connectivity index (χ0v) is 15.1. The first-order chi connectivity index (χ1) is 11.4. The number of rotatable bonds is 7. The van der Waals surface area contributed by atoms with Gasteiger partial charge in [0.05, 0.1) is 17.0 Å². The van der Waals surface area contributed by atoms with Gasteiger partial charge in [0.25, 0.3) is 5.91 Å². The van der Waals surface area contributed by atoms with Gasteiger partial charge >= 0.3 is 5.97 Å². The summed E-state index contributed by atoms with van der Waals surface area (Å²) in [6, 6.07) is 3.84. The second kappa shape index (κ2) is 8.10. The van der Waals surface area contributed by atoms with Crippen molar-refractivity contribution in [2.75, 3.05) is 6.61 Å². The first kappa shape index (κ1) is 18.2. The van der Waals surface area contributed by atoms with Gasteiger partial charge in [-0.1, -0.05) is 19.9 Å². The van der Waals surface area contributed by atoms with Gasteiger partial charge in [-0.3, -0.25) is 9.59 Å². The van der Waals surface area contributed by atoms with Crippen LogP contribution in [0.2, 0.25) is 0 Å². The molecule has 0 bridgehead atoms. The largest absolute Gasteiger partial charge is 0.455 e. The molecule has 2 heterocycles. The van der Waals surface area contributed by atoms with E-state index in [9.17, 15) is 9.59 Å². The molecule has 2 aromatic heterocycles. The third kappa shape index (κ3) is 4.92. The minimum Gasteiger partial charge on any atom is -0.455 e. The Balaban J connectivity index is 1.86. The summed E-state index contributed by atoms with van der Waals surface area (Å²) in [7, 11) is 0. The quantitative estimate of drug-likeness (QED) is 0.777. The first-order valence-electron chi connectivity index (χ1n) is 7.82. The average molecular weight is 350 g/mol. The molecule has 0 radical (unpaired) electrons. The molecule has 130 valence electrons. The fraction of sp³-hybridized carbons (Fsp3) is 0.471. The van der Waals surface area contributed by atoms with Crippen molar-refractivity contribution in [3.05, 3.63) is 29.0 Å². The smallest absolute Gasteiger partial charge is 0.312 e. The lowest BCUT2D eigenvalue weighted by Crippen LogP contribution is -2.38. The minimum absolute atomic E-state index is 0.0201. The molecule has 7 heteroatoms. The topological polar surface area (TPSA) is 81.4 Å². The standard InChI is InChI=1S/C17H22N2O4S/c1-10(2)11(3)18-15(20)9-22-16(21)8-13-12(4)23-17(19-13)14-6-5-7-24-14/h5-7,10-11H,8-9H2,1-4H3,(H,18,20). The molecule has 1 unspecified atom stereocenters. The van der Waals surface area contributed by atoms with E-state index in [0.29, 0.717) is 23.3 Å². The normalized spacial score (nSPS) is 12.2. The molecule has 2 aromatic rings. The summed E-state index contributed by atoms with van der Waals surface area (Å²) in [4.78, 5) is 28.9. The zero-order valence-electron chi connectivity index (χ0n) is 14.3. The Morgan fingerprint density at radius 3 is 2.75 bits per heavy atom. The van der Waals surface area contributed by atoms with Gasteiger partial charge < -0.3 is 14.5 Å². The SMILES string of the molecule is Cc1oc(-c2cccs2)nc1CC(=O)OCC(=O)NC(C)C(C)C. The number of nitrogens with one attached hydrogen (secondary N) is 1. The molecular formula is C17H22N2O4S. The monoisotopic (exact) mass is 350 g/mol. The van der Waals surface area contributed by atoms with Gasteiger partial charge in [0.2, 0.25) is 5.89 Å². The third-order valence-electron chi connectivity index (χ3n) is 3.69. The fourth-order valence-electron chi connectivity index (χ4n) is 1.89. The lowest BCUT2D eigenvalue weighted by atomic mass is 10.1. The molecule has 0 aromatic carbocycles. The van der Waals surface area contributed by atoms with E-state index in [4.69, 9.17) is 9.15 Å². The molecule has 0 saturated carbocycles. The molecule has 24 heavy (non-hydrogen) atoms. The number of hydrogen-bond acceptors (Lipinski definition) is 6. The second-order valence-corrected chi connectivity index (χ2v) is 6.88. The Labute approximate surface area is 145 Å². The van der Waals surface area contributed by atoms with Gasteiger partial charge in [-0.25, -0.2) is 4.98 Å². The zero-order chi connectivity index (χ0) is 17.7. The summed E-state index contributed by atoms with van der Waals surface area (Å²) < 4.78 is 10.6. The highest BCUT2D eigenvalue weighted by molar-refractivity contribution is 7.13. The van der Waals surface area contributed by atoms with Gasteiger partial charge in [-0.15, -0.1) is 11.3 Å².